The molecule has 0 bridgehead atoms. The zero-order valence-electron chi connectivity index (χ0n) is 6.48. The van der Waals surface area contributed by atoms with Crippen LogP contribution in [0.3, 0.4) is 0 Å². The molecule has 1 rings (SSSR count). The Hall–Kier alpha value is -0.0400. The van der Waals surface area contributed by atoms with Gasteiger partial charge < -0.3 is 5.73 Å². The lowest BCUT2D eigenvalue weighted by Gasteiger charge is -2.33. The first-order valence-electron chi connectivity index (χ1n) is 3.89. The van der Waals surface area contributed by atoms with Crippen LogP contribution in [0.2, 0.25) is 0 Å². The number of nitrogens with two attached hydrogens (primary N) is 1. The van der Waals surface area contributed by atoms with Crippen LogP contribution in [-0.2, 0) is 0 Å². The van der Waals surface area contributed by atoms with Gasteiger partial charge in [0.05, 0.1) is 0 Å². The molecule has 0 radical (unpaired) electrons. The van der Waals surface area contributed by atoms with Gasteiger partial charge in [0.2, 0.25) is 0 Å². The van der Waals surface area contributed by atoms with Crippen molar-refractivity contribution in [3.05, 3.63) is 0 Å². The standard InChI is InChI=1S/C8H17N/c1-7-4-3-5-8(2,9)6-7/h7H,3-6,9H2,1-2H3/t7-,8-/m1/s1. The maximum Gasteiger partial charge on any atom is 0.0128 e. The molecule has 0 saturated heterocycles. The van der Waals surface area contributed by atoms with E-state index in [4.69, 9.17) is 5.73 Å². The summed E-state index contributed by atoms with van der Waals surface area (Å²) in [4.78, 5) is 0. The minimum Gasteiger partial charge on any atom is -0.325 e. The summed E-state index contributed by atoms with van der Waals surface area (Å²) in [5, 5.41) is 0. The summed E-state index contributed by atoms with van der Waals surface area (Å²) in [6, 6.07) is 0. The molecule has 0 aromatic rings. The average molecular weight is 127 g/mol. The van der Waals surface area contributed by atoms with Crippen molar-refractivity contribution in [1.82, 2.24) is 0 Å². The lowest BCUT2D eigenvalue weighted by atomic mass is 9.78. The molecule has 2 N–H and O–H groups in total. The molecule has 9 heavy (non-hydrogen) atoms. The van der Waals surface area contributed by atoms with E-state index in [0.717, 1.165) is 5.92 Å². The van der Waals surface area contributed by atoms with E-state index in [1.807, 2.05) is 0 Å². The monoisotopic (exact) mass is 127 g/mol. The van der Waals surface area contributed by atoms with Gasteiger partial charge in [-0.25, -0.2) is 0 Å². The Bertz CT molecular complexity index is 96.7. The molecule has 0 aliphatic heterocycles. The van der Waals surface area contributed by atoms with Crippen LogP contribution in [0.25, 0.3) is 0 Å². The molecule has 1 aliphatic carbocycles. The van der Waals surface area contributed by atoms with Crippen molar-refractivity contribution in [2.75, 3.05) is 0 Å². The van der Waals surface area contributed by atoms with Gasteiger partial charge in [-0.15, -0.1) is 0 Å². The van der Waals surface area contributed by atoms with Crippen molar-refractivity contribution in [2.45, 2.75) is 45.1 Å². The van der Waals surface area contributed by atoms with Crippen molar-refractivity contribution in [3.63, 3.8) is 0 Å². The maximum atomic E-state index is 5.97. The van der Waals surface area contributed by atoms with Crippen LogP contribution < -0.4 is 5.73 Å². The summed E-state index contributed by atoms with van der Waals surface area (Å²) < 4.78 is 0. The smallest absolute Gasteiger partial charge is 0.0128 e. The Kier molecular flexibility index (Phi) is 1.80. The van der Waals surface area contributed by atoms with Gasteiger partial charge >= 0.3 is 0 Å². The Morgan fingerprint density at radius 3 is 2.56 bits per heavy atom. The van der Waals surface area contributed by atoms with Crippen LogP contribution in [0.4, 0.5) is 0 Å². The normalized spacial score (nSPS) is 45.0. The second-order valence-electron chi connectivity index (χ2n) is 3.86. The predicted octanol–water partition coefficient (Wildman–Crippen LogP) is 1.91. The Labute approximate surface area is 57.6 Å². The van der Waals surface area contributed by atoms with Crippen LogP contribution >= 0.6 is 0 Å². The maximum absolute atomic E-state index is 5.97. The van der Waals surface area contributed by atoms with Gasteiger partial charge in [-0.2, -0.15) is 0 Å². The molecular formula is C8H17N. The molecule has 1 nitrogen and oxygen atoms in total. The highest BCUT2D eigenvalue weighted by molar-refractivity contribution is 4.84. The van der Waals surface area contributed by atoms with Crippen molar-refractivity contribution < 1.29 is 0 Å². The molecule has 54 valence electrons. The highest BCUT2D eigenvalue weighted by Crippen LogP contribution is 2.29. The highest BCUT2D eigenvalue weighted by atomic mass is 14.7. The third kappa shape index (κ3) is 1.98. The van der Waals surface area contributed by atoms with E-state index in [1.165, 1.54) is 25.7 Å². The summed E-state index contributed by atoms with van der Waals surface area (Å²) in [5.41, 5.74) is 6.12. The summed E-state index contributed by atoms with van der Waals surface area (Å²) in [7, 11) is 0. The van der Waals surface area contributed by atoms with Gasteiger partial charge in [0.25, 0.3) is 0 Å². The van der Waals surface area contributed by atoms with E-state index in [1.54, 1.807) is 0 Å². The molecule has 0 spiro atoms. The van der Waals surface area contributed by atoms with Gasteiger partial charge in [-0.05, 0) is 25.7 Å². The van der Waals surface area contributed by atoms with Crippen LogP contribution in [0.5, 0.6) is 0 Å². The molecule has 0 heterocycles. The fourth-order valence-electron chi connectivity index (χ4n) is 1.85. The van der Waals surface area contributed by atoms with E-state index in [-0.39, 0.29) is 5.54 Å². The molecular weight excluding hydrogens is 110 g/mol. The average Bonchev–Trinajstić information content (AvgIpc) is 1.60. The van der Waals surface area contributed by atoms with E-state index in [9.17, 15) is 0 Å². The second-order valence-corrected chi connectivity index (χ2v) is 3.86. The topological polar surface area (TPSA) is 26.0 Å². The summed E-state index contributed by atoms with van der Waals surface area (Å²) in [6.07, 6.45) is 5.14. The lowest BCUT2D eigenvalue weighted by Crippen LogP contribution is -2.40. The lowest BCUT2D eigenvalue weighted by molar-refractivity contribution is 0.256. The van der Waals surface area contributed by atoms with Crippen LogP contribution in [0.15, 0.2) is 0 Å². The van der Waals surface area contributed by atoms with E-state index < -0.39 is 0 Å². The predicted molar refractivity (Wildman–Crippen MR) is 40.2 cm³/mol. The zero-order chi connectivity index (χ0) is 6.91. The SMILES string of the molecule is C[C@@H]1CCC[C@@](C)(N)C1. The number of hydrogen-bond donors (Lipinski definition) is 1. The summed E-state index contributed by atoms with van der Waals surface area (Å²) >= 11 is 0. The quantitative estimate of drug-likeness (QED) is 0.528. The first-order valence-corrected chi connectivity index (χ1v) is 3.89. The van der Waals surface area contributed by atoms with Crippen molar-refractivity contribution >= 4 is 0 Å². The van der Waals surface area contributed by atoms with Crippen molar-refractivity contribution in [3.8, 4) is 0 Å². The molecule has 0 aromatic heterocycles. The molecule has 2 atom stereocenters. The largest absolute Gasteiger partial charge is 0.325 e. The minimum absolute atomic E-state index is 0.150. The second kappa shape index (κ2) is 2.30. The van der Waals surface area contributed by atoms with E-state index >= 15 is 0 Å². The van der Waals surface area contributed by atoms with Gasteiger partial charge in [0, 0.05) is 5.54 Å². The third-order valence-electron chi connectivity index (χ3n) is 2.26. The van der Waals surface area contributed by atoms with E-state index in [0.29, 0.717) is 0 Å². The highest BCUT2D eigenvalue weighted by Gasteiger charge is 2.25. The fourth-order valence-corrected chi connectivity index (χ4v) is 1.85. The molecule has 1 heteroatoms. The Morgan fingerprint density at radius 2 is 2.22 bits per heavy atom. The minimum atomic E-state index is 0.150. The van der Waals surface area contributed by atoms with Crippen LogP contribution in [0.1, 0.15) is 39.5 Å². The van der Waals surface area contributed by atoms with Gasteiger partial charge in [0.1, 0.15) is 0 Å². The number of rotatable bonds is 0. The molecule has 0 unspecified atom stereocenters. The first-order chi connectivity index (χ1) is 4.10. The molecule has 0 amide bonds. The van der Waals surface area contributed by atoms with E-state index in [2.05, 4.69) is 13.8 Å². The summed E-state index contributed by atoms with van der Waals surface area (Å²) in [5.74, 6) is 0.855. The number of hydrogen-bond acceptors (Lipinski definition) is 1. The van der Waals surface area contributed by atoms with Gasteiger partial charge in [0.15, 0.2) is 0 Å². The molecule has 1 saturated carbocycles. The fraction of sp³-hybridized carbons (Fsp3) is 1.00. The van der Waals surface area contributed by atoms with Crippen LogP contribution in [0, 0.1) is 5.92 Å². The van der Waals surface area contributed by atoms with Crippen molar-refractivity contribution in [2.24, 2.45) is 11.7 Å². The van der Waals surface area contributed by atoms with Crippen LogP contribution in [-0.4, -0.2) is 5.54 Å². The van der Waals surface area contributed by atoms with Gasteiger partial charge in [-0.3, -0.25) is 0 Å². The zero-order valence-corrected chi connectivity index (χ0v) is 6.48. The molecule has 1 aliphatic rings. The first kappa shape index (κ1) is 7.07. The Balaban J connectivity index is 2.41. The van der Waals surface area contributed by atoms with Gasteiger partial charge in [-0.1, -0.05) is 19.8 Å². The molecule has 1 fully saturated rings. The third-order valence-corrected chi connectivity index (χ3v) is 2.26. The molecule has 0 aromatic carbocycles. The Morgan fingerprint density at radius 1 is 1.56 bits per heavy atom. The van der Waals surface area contributed by atoms with Crippen molar-refractivity contribution in [1.29, 1.82) is 0 Å². The summed E-state index contributed by atoms with van der Waals surface area (Å²) in [6.45, 7) is 4.47.